The Balaban J connectivity index is 1.66. The van der Waals surface area contributed by atoms with Gasteiger partial charge in [-0.25, -0.2) is 0 Å². The molecule has 0 aliphatic rings. The maximum absolute atomic E-state index is 14.7. The van der Waals surface area contributed by atoms with Crippen LogP contribution in [0, 0.1) is 5.82 Å². The molecule has 0 aliphatic heterocycles. The Hall–Kier alpha value is -3.74. The van der Waals surface area contributed by atoms with Crippen LogP contribution >= 0.6 is 7.26 Å². The molecule has 0 amide bonds. The zero-order valence-electron chi connectivity index (χ0n) is 19.5. The Morgan fingerprint density at radius 1 is 0.543 bits per heavy atom. The zero-order chi connectivity index (χ0) is 23.9. The molecule has 0 spiro atoms. The van der Waals surface area contributed by atoms with Crippen molar-refractivity contribution >= 4 is 23.2 Å². The molecule has 0 heterocycles. The Morgan fingerprint density at radius 2 is 1.00 bits per heavy atom. The number of benzene rings is 5. The normalized spacial score (nSPS) is 11.7. The quantitative estimate of drug-likeness (QED) is 0.228. The molecule has 0 radical (unpaired) electrons. The first kappa shape index (κ1) is 23.0. The molecule has 0 unspecified atom stereocenters. The van der Waals surface area contributed by atoms with Crippen LogP contribution in [0.3, 0.4) is 0 Å². The average molecular weight is 479 g/mol. The van der Waals surface area contributed by atoms with Crippen molar-refractivity contribution in [3.8, 4) is 5.75 Å². The Kier molecular flexibility index (Phi) is 7.02. The van der Waals surface area contributed by atoms with E-state index in [0.29, 0.717) is 12.8 Å². The molecular weight excluding hydrogens is 450 g/mol. The third-order valence-electron chi connectivity index (χ3n) is 6.52. The van der Waals surface area contributed by atoms with Crippen LogP contribution in [0.15, 0.2) is 140 Å². The van der Waals surface area contributed by atoms with Crippen molar-refractivity contribution < 1.29 is 9.13 Å². The van der Waals surface area contributed by atoms with E-state index in [4.69, 9.17) is 4.74 Å². The first-order valence-electron chi connectivity index (χ1n) is 11.9. The van der Waals surface area contributed by atoms with Crippen LogP contribution < -0.4 is 20.7 Å². The van der Waals surface area contributed by atoms with E-state index in [0.717, 1.165) is 16.9 Å². The van der Waals surface area contributed by atoms with Crippen molar-refractivity contribution in [2.24, 2.45) is 0 Å². The van der Waals surface area contributed by atoms with Gasteiger partial charge in [0, 0.05) is 0 Å². The Morgan fingerprint density at radius 3 is 1.49 bits per heavy atom. The Bertz CT molecular complexity index is 1260. The molecule has 174 valence electrons. The van der Waals surface area contributed by atoms with Crippen molar-refractivity contribution in [3.63, 3.8) is 0 Å². The predicted molar refractivity (Wildman–Crippen MR) is 147 cm³/mol. The molecule has 0 N–H and O–H groups in total. The molecule has 5 aromatic rings. The molecule has 0 atom stereocenters. The van der Waals surface area contributed by atoms with E-state index in [-0.39, 0.29) is 5.82 Å². The molecule has 0 fully saturated rings. The van der Waals surface area contributed by atoms with Gasteiger partial charge in [0.2, 0.25) is 0 Å². The predicted octanol–water partition coefficient (Wildman–Crippen LogP) is 6.63. The van der Waals surface area contributed by atoms with Crippen LogP contribution in [0.1, 0.15) is 11.1 Å². The number of rotatable bonds is 8. The van der Waals surface area contributed by atoms with Crippen molar-refractivity contribution in [1.29, 1.82) is 0 Å². The van der Waals surface area contributed by atoms with E-state index < -0.39 is 7.26 Å². The standard InChI is InChI=1S/C32H28FOP/c33-28-21-22-32(34-24-26-13-5-1-6-14-26)27(23-28)25-35(29-15-7-2-8-16-29,30-17-9-3-10-18-30)31-19-11-4-12-20-31/h1-23,35H,24-25H2. The van der Waals surface area contributed by atoms with Gasteiger partial charge < -0.3 is 0 Å². The topological polar surface area (TPSA) is 9.23 Å². The number of hydrogen-bond acceptors (Lipinski definition) is 1. The summed E-state index contributed by atoms with van der Waals surface area (Å²) >= 11 is 0. The van der Waals surface area contributed by atoms with Gasteiger partial charge in [0.1, 0.15) is 0 Å². The summed E-state index contributed by atoms with van der Waals surface area (Å²) in [6.07, 6.45) is 0.687. The van der Waals surface area contributed by atoms with Crippen molar-refractivity contribution in [2.45, 2.75) is 12.8 Å². The second-order valence-electron chi connectivity index (χ2n) is 8.71. The van der Waals surface area contributed by atoms with E-state index in [1.54, 1.807) is 12.1 Å². The molecule has 5 aromatic carbocycles. The van der Waals surface area contributed by atoms with Crippen LogP contribution in [-0.2, 0) is 12.8 Å². The van der Waals surface area contributed by atoms with E-state index in [1.807, 2.05) is 30.3 Å². The van der Waals surface area contributed by atoms with Crippen molar-refractivity contribution in [2.75, 3.05) is 0 Å². The summed E-state index contributed by atoms with van der Waals surface area (Å²) in [7, 11) is -2.57. The fourth-order valence-corrected chi connectivity index (χ4v) is 9.57. The van der Waals surface area contributed by atoms with Crippen LogP contribution in [0.2, 0.25) is 0 Å². The summed E-state index contributed by atoms with van der Waals surface area (Å²) in [5, 5.41) is 3.86. The number of hydrogen-bond donors (Lipinski definition) is 0. The first-order valence-corrected chi connectivity index (χ1v) is 14.1. The SMILES string of the molecule is Fc1ccc(OCc2ccccc2)c(C[PH](c2ccccc2)(c2ccccc2)c2ccccc2)c1. The fourth-order valence-electron chi connectivity index (χ4n) is 4.82. The molecule has 5 rings (SSSR count). The monoisotopic (exact) mass is 478 g/mol. The molecular formula is C32H28FOP. The van der Waals surface area contributed by atoms with Gasteiger partial charge in [-0.05, 0) is 0 Å². The average Bonchev–Trinajstić information content (AvgIpc) is 2.93. The van der Waals surface area contributed by atoms with E-state index in [2.05, 4.69) is 91.0 Å². The van der Waals surface area contributed by atoms with E-state index in [1.165, 1.54) is 22.0 Å². The second-order valence-corrected chi connectivity index (χ2v) is 12.6. The van der Waals surface area contributed by atoms with Crippen LogP contribution in [0.25, 0.3) is 0 Å². The molecule has 1 nitrogen and oxygen atoms in total. The summed E-state index contributed by atoms with van der Waals surface area (Å²) in [5.74, 6) is 0.485. The zero-order valence-corrected chi connectivity index (χ0v) is 20.5. The Labute approximate surface area is 207 Å². The molecule has 0 aromatic heterocycles. The second kappa shape index (κ2) is 10.7. The van der Waals surface area contributed by atoms with Crippen LogP contribution in [0.5, 0.6) is 5.75 Å². The number of halogens is 1. The van der Waals surface area contributed by atoms with Crippen molar-refractivity contribution in [3.05, 3.63) is 156 Å². The van der Waals surface area contributed by atoms with Gasteiger partial charge in [-0.2, -0.15) is 0 Å². The summed E-state index contributed by atoms with van der Waals surface area (Å²) < 4.78 is 20.9. The van der Waals surface area contributed by atoms with Crippen LogP contribution in [-0.4, -0.2) is 0 Å². The summed E-state index contributed by atoms with van der Waals surface area (Å²) in [6.45, 7) is 0.441. The fraction of sp³-hybridized carbons (Fsp3) is 0.0625. The summed E-state index contributed by atoms with van der Waals surface area (Å²) in [4.78, 5) is 0. The van der Waals surface area contributed by atoms with E-state index >= 15 is 0 Å². The molecule has 0 saturated carbocycles. The first-order chi connectivity index (χ1) is 17.3. The van der Waals surface area contributed by atoms with Gasteiger partial charge in [-0.15, -0.1) is 0 Å². The minimum atomic E-state index is -2.57. The van der Waals surface area contributed by atoms with Gasteiger partial charge in [0.25, 0.3) is 0 Å². The number of ether oxygens (including phenoxy) is 1. The molecule has 0 saturated heterocycles. The van der Waals surface area contributed by atoms with Gasteiger partial charge in [-0.1, -0.05) is 0 Å². The molecule has 0 aliphatic carbocycles. The van der Waals surface area contributed by atoms with Crippen LogP contribution in [0.4, 0.5) is 4.39 Å². The van der Waals surface area contributed by atoms with Crippen molar-refractivity contribution in [1.82, 2.24) is 0 Å². The van der Waals surface area contributed by atoms with Gasteiger partial charge >= 0.3 is 207 Å². The third kappa shape index (κ3) is 5.04. The maximum atomic E-state index is 14.7. The van der Waals surface area contributed by atoms with Gasteiger partial charge in [0.05, 0.1) is 0 Å². The molecule has 3 heteroatoms. The third-order valence-corrected chi connectivity index (χ3v) is 11.4. The summed E-state index contributed by atoms with van der Waals surface area (Å²) in [5.41, 5.74) is 1.98. The molecule has 0 bridgehead atoms. The van der Waals surface area contributed by atoms with E-state index in [9.17, 15) is 4.39 Å². The summed E-state index contributed by atoms with van der Waals surface area (Å²) in [6, 6.07) is 47.0. The molecule has 35 heavy (non-hydrogen) atoms. The van der Waals surface area contributed by atoms with Gasteiger partial charge in [0.15, 0.2) is 0 Å². The minimum absolute atomic E-state index is 0.246. The van der Waals surface area contributed by atoms with Gasteiger partial charge in [-0.3, -0.25) is 0 Å².